The first-order valence-electron chi connectivity index (χ1n) is 8.94. The van der Waals surface area contributed by atoms with Gasteiger partial charge in [0.2, 0.25) is 5.91 Å². The largest absolute Gasteiger partial charge is 0.355 e. The van der Waals surface area contributed by atoms with Crippen molar-refractivity contribution in [2.75, 3.05) is 6.54 Å². The lowest BCUT2D eigenvalue weighted by atomic mass is 10.1. The van der Waals surface area contributed by atoms with Gasteiger partial charge in [0, 0.05) is 18.0 Å². The van der Waals surface area contributed by atoms with E-state index in [1.807, 2.05) is 44.2 Å². The zero-order valence-corrected chi connectivity index (χ0v) is 15.5. The number of benzene rings is 1. The minimum atomic E-state index is -0.197. The molecule has 2 heterocycles. The van der Waals surface area contributed by atoms with Crippen molar-refractivity contribution in [2.24, 2.45) is 0 Å². The molecule has 0 saturated carbocycles. The molecule has 3 rings (SSSR count). The van der Waals surface area contributed by atoms with Gasteiger partial charge in [0.15, 0.2) is 0 Å². The molecule has 0 aliphatic heterocycles. The SMILES string of the molecule is CCCCNC(=O)Cn1c(=O)cc(C)c2c(C)nn(-c3ccccc3)c21. The van der Waals surface area contributed by atoms with Crippen molar-refractivity contribution in [3.05, 3.63) is 58.0 Å². The van der Waals surface area contributed by atoms with Crippen LogP contribution in [0.2, 0.25) is 0 Å². The Hall–Kier alpha value is -2.89. The molecule has 0 unspecified atom stereocenters. The van der Waals surface area contributed by atoms with Gasteiger partial charge in [-0.2, -0.15) is 5.10 Å². The predicted octanol–water partition coefficient (Wildman–Crippen LogP) is 2.72. The van der Waals surface area contributed by atoms with E-state index in [9.17, 15) is 9.59 Å². The quantitative estimate of drug-likeness (QED) is 0.694. The Bertz CT molecular complexity index is 986. The van der Waals surface area contributed by atoms with Gasteiger partial charge in [-0.15, -0.1) is 0 Å². The smallest absolute Gasteiger partial charge is 0.252 e. The summed E-state index contributed by atoms with van der Waals surface area (Å²) in [6, 6.07) is 11.2. The van der Waals surface area contributed by atoms with Crippen LogP contribution in [0.25, 0.3) is 16.7 Å². The molecule has 2 aromatic heterocycles. The molecule has 136 valence electrons. The number of carbonyl (C=O) groups excluding carboxylic acids is 1. The standard InChI is InChI=1S/C20H24N4O2/c1-4-5-11-21-17(25)13-23-18(26)12-14(2)19-15(3)22-24(20(19)23)16-9-7-6-8-10-16/h6-10,12H,4-5,11,13H2,1-3H3,(H,21,25). The number of hydrogen-bond donors (Lipinski definition) is 1. The minimum Gasteiger partial charge on any atom is -0.355 e. The maximum Gasteiger partial charge on any atom is 0.252 e. The number of nitrogens with zero attached hydrogens (tertiary/aromatic N) is 3. The number of rotatable bonds is 6. The lowest BCUT2D eigenvalue weighted by Gasteiger charge is -2.12. The maximum absolute atomic E-state index is 12.7. The predicted molar refractivity (Wildman–Crippen MR) is 103 cm³/mol. The number of fused-ring (bicyclic) bond motifs is 1. The van der Waals surface area contributed by atoms with Crippen molar-refractivity contribution in [3.8, 4) is 5.69 Å². The second kappa shape index (κ2) is 7.56. The molecular weight excluding hydrogens is 328 g/mol. The van der Waals surface area contributed by atoms with Crippen LogP contribution in [0.5, 0.6) is 0 Å². The van der Waals surface area contributed by atoms with Crippen LogP contribution >= 0.6 is 0 Å². The molecular formula is C20H24N4O2. The summed E-state index contributed by atoms with van der Waals surface area (Å²) in [5.41, 5.74) is 3.02. The van der Waals surface area contributed by atoms with Gasteiger partial charge in [0.05, 0.1) is 11.4 Å². The van der Waals surface area contributed by atoms with Crippen LogP contribution in [0.3, 0.4) is 0 Å². The van der Waals surface area contributed by atoms with Gasteiger partial charge in [-0.1, -0.05) is 31.5 Å². The number of aryl methyl sites for hydroxylation is 2. The van der Waals surface area contributed by atoms with E-state index in [0.717, 1.165) is 35.2 Å². The van der Waals surface area contributed by atoms with E-state index in [4.69, 9.17) is 0 Å². The molecule has 1 N–H and O–H groups in total. The Morgan fingerprint density at radius 1 is 1.19 bits per heavy atom. The number of amides is 1. The molecule has 6 heteroatoms. The third-order valence-electron chi connectivity index (χ3n) is 4.45. The van der Waals surface area contributed by atoms with Gasteiger partial charge in [-0.3, -0.25) is 14.2 Å². The van der Waals surface area contributed by atoms with Crippen molar-refractivity contribution in [3.63, 3.8) is 0 Å². The van der Waals surface area contributed by atoms with E-state index in [1.165, 1.54) is 4.57 Å². The number of carbonyl (C=O) groups is 1. The molecule has 1 amide bonds. The first-order chi connectivity index (χ1) is 12.5. The number of aromatic nitrogens is 3. The van der Waals surface area contributed by atoms with Crippen LogP contribution in [0.1, 0.15) is 31.0 Å². The van der Waals surface area contributed by atoms with Gasteiger partial charge in [-0.25, -0.2) is 4.68 Å². The van der Waals surface area contributed by atoms with Crippen molar-refractivity contribution >= 4 is 16.9 Å². The molecule has 0 spiro atoms. The number of nitrogens with one attached hydrogen (secondary N) is 1. The fraction of sp³-hybridized carbons (Fsp3) is 0.350. The molecule has 0 radical (unpaired) electrons. The Morgan fingerprint density at radius 2 is 1.92 bits per heavy atom. The van der Waals surface area contributed by atoms with Gasteiger partial charge in [-0.05, 0) is 38.0 Å². The lowest BCUT2D eigenvalue weighted by molar-refractivity contribution is -0.121. The van der Waals surface area contributed by atoms with Gasteiger partial charge < -0.3 is 5.32 Å². The average Bonchev–Trinajstić information content (AvgIpc) is 2.97. The van der Waals surface area contributed by atoms with Crippen LogP contribution in [0, 0.1) is 13.8 Å². The van der Waals surface area contributed by atoms with E-state index < -0.39 is 0 Å². The van der Waals surface area contributed by atoms with Crippen molar-refractivity contribution in [1.29, 1.82) is 0 Å². The van der Waals surface area contributed by atoms with E-state index in [-0.39, 0.29) is 18.0 Å². The summed E-state index contributed by atoms with van der Waals surface area (Å²) >= 11 is 0. The van der Waals surface area contributed by atoms with Crippen LogP contribution < -0.4 is 10.9 Å². The van der Waals surface area contributed by atoms with Gasteiger partial charge >= 0.3 is 0 Å². The normalized spacial score (nSPS) is 11.0. The third-order valence-corrected chi connectivity index (χ3v) is 4.45. The highest BCUT2D eigenvalue weighted by Crippen LogP contribution is 2.23. The topological polar surface area (TPSA) is 68.9 Å². The van der Waals surface area contributed by atoms with Gasteiger partial charge in [0.25, 0.3) is 5.56 Å². The molecule has 6 nitrogen and oxygen atoms in total. The fourth-order valence-corrected chi connectivity index (χ4v) is 3.17. The van der Waals surface area contributed by atoms with Crippen molar-refractivity contribution in [1.82, 2.24) is 19.7 Å². The lowest BCUT2D eigenvalue weighted by Crippen LogP contribution is -2.33. The number of hydrogen-bond acceptors (Lipinski definition) is 3. The summed E-state index contributed by atoms with van der Waals surface area (Å²) in [6.07, 6.45) is 1.93. The molecule has 0 atom stereocenters. The highest BCUT2D eigenvalue weighted by Gasteiger charge is 2.18. The maximum atomic E-state index is 12.7. The fourth-order valence-electron chi connectivity index (χ4n) is 3.17. The average molecular weight is 352 g/mol. The molecule has 1 aromatic carbocycles. The summed E-state index contributed by atoms with van der Waals surface area (Å²) in [4.78, 5) is 25.0. The first-order valence-corrected chi connectivity index (χ1v) is 8.94. The highest BCUT2D eigenvalue weighted by atomic mass is 16.2. The zero-order valence-electron chi connectivity index (χ0n) is 15.5. The van der Waals surface area contributed by atoms with Gasteiger partial charge in [0.1, 0.15) is 12.2 Å². The van der Waals surface area contributed by atoms with E-state index in [0.29, 0.717) is 12.2 Å². The Kier molecular flexibility index (Phi) is 5.21. The number of para-hydroxylation sites is 1. The highest BCUT2D eigenvalue weighted by molar-refractivity contribution is 5.85. The van der Waals surface area contributed by atoms with Crippen LogP contribution in [-0.4, -0.2) is 26.8 Å². The second-order valence-corrected chi connectivity index (χ2v) is 6.49. The zero-order chi connectivity index (χ0) is 18.7. The summed E-state index contributed by atoms with van der Waals surface area (Å²) in [7, 11) is 0. The minimum absolute atomic E-state index is 0.0166. The molecule has 0 aliphatic rings. The first kappa shape index (κ1) is 17.9. The Balaban J connectivity index is 2.13. The molecule has 0 aliphatic carbocycles. The van der Waals surface area contributed by atoms with Crippen molar-refractivity contribution in [2.45, 2.75) is 40.2 Å². The summed E-state index contributed by atoms with van der Waals surface area (Å²) in [5.74, 6) is -0.163. The Labute approximate surface area is 152 Å². The summed E-state index contributed by atoms with van der Waals surface area (Å²) in [6.45, 7) is 6.50. The monoisotopic (exact) mass is 352 g/mol. The molecule has 3 aromatic rings. The third kappa shape index (κ3) is 3.40. The van der Waals surface area contributed by atoms with E-state index >= 15 is 0 Å². The summed E-state index contributed by atoms with van der Waals surface area (Å²) < 4.78 is 3.26. The molecule has 0 bridgehead atoms. The van der Waals surface area contributed by atoms with Crippen LogP contribution in [0.4, 0.5) is 0 Å². The Morgan fingerprint density at radius 3 is 2.62 bits per heavy atom. The molecule has 0 saturated heterocycles. The van der Waals surface area contributed by atoms with Crippen molar-refractivity contribution < 1.29 is 4.79 Å². The summed E-state index contributed by atoms with van der Waals surface area (Å²) in [5, 5.41) is 8.42. The molecule has 26 heavy (non-hydrogen) atoms. The van der Waals surface area contributed by atoms with Crippen LogP contribution in [-0.2, 0) is 11.3 Å². The van der Waals surface area contributed by atoms with E-state index in [2.05, 4.69) is 17.3 Å². The molecule has 0 fully saturated rings. The van der Waals surface area contributed by atoms with Crippen LogP contribution in [0.15, 0.2) is 41.2 Å². The number of pyridine rings is 1. The second-order valence-electron chi connectivity index (χ2n) is 6.49. The van der Waals surface area contributed by atoms with E-state index in [1.54, 1.807) is 10.7 Å². The number of unbranched alkanes of at least 4 members (excludes halogenated alkanes) is 1.